The fourth-order valence-corrected chi connectivity index (χ4v) is 0.186. The zero-order valence-electron chi connectivity index (χ0n) is 5.60. The van der Waals surface area contributed by atoms with Crippen molar-refractivity contribution in [1.82, 2.24) is 0 Å². The second kappa shape index (κ2) is 3.71. The monoisotopic (exact) mass is 210 g/mol. The van der Waals surface area contributed by atoms with Crippen LogP contribution in [-0.4, -0.2) is 19.0 Å². The van der Waals surface area contributed by atoms with Crippen molar-refractivity contribution in [2.24, 2.45) is 0 Å². The van der Waals surface area contributed by atoms with Crippen LogP contribution in [0.1, 0.15) is 0 Å². The normalized spacial score (nSPS) is 14.0. The van der Waals surface area contributed by atoms with Crippen LogP contribution < -0.4 is 29.6 Å². The van der Waals surface area contributed by atoms with Crippen LogP contribution in [0.15, 0.2) is 0 Å². The van der Waals surface area contributed by atoms with E-state index in [1.54, 1.807) is 0 Å². The first kappa shape index (κ1) is 15.0. The summed E-state index contributed by atoms with van der Waals surface area (Å²) in [6.07, 6.45) is -6.55. The Balaban J connectivity index is 0. The molecule has 0 aliphatic heterocycles. The summed E-state index contributed by atoms with van der Waals surface area (Å²) < 4.78 is 87.8. The molecule has 0 spiro atoms. The van der Waals surface area contributed by atoms with Gasteiger partial charge < -0.3 is 12.9 Å². The molecule has 0 bridgehead atoms. The van der Waals surface area contributed by atoms with Crippen molar-refractivity contribution in [1.29, 1.82) is 0 Å². The second-order valence-corrected chi connectivity index (χ2v) is 1.70. The molecule has 0 amide bonds. The van der Waals surface area contributed by atoms with Gasteiger partial charge in [0, 0.05) is 0 Å². The zero-order valence-corrected chi connectivity index (χ0v) is 7.60. The maximum absolute atomic E-state index is 11.2. The van der Waals surface area contributed by atoms with Crippen LogP contribution in [0.3, 0.4) is 0 Å². The smallest absolute Gasteiger partial charge is 0.445 e. The predicted octanol–water partition coefficient (Wildman–Crippen LogP) is -0.425. The van der Waals surface area contributed by atoms with E-state index in [4.69, 9.17) is 0 Å². The maximum Gasteiger partial charge on any atom is 1.00 e. The molecule has 0 radical (unpaired) electrons. The van der Waals surface area contributed by atoms with Crippen LogP contribution in [0.4, 0.5) is 34.9 Å². The summed E-state index contributed by atoms with van der Waals surface area (Å²) in [6.45, 7) is -7.21. The van der Waals surface area contributed by atoms with Crippen LogP contribution in [-0.2, 0) is 0 Å². The van der Waals surface area contributed by atoms with E-state index in [9.17, 15) is 34.9 Å². The molecule has 0 heterocycles. The Morgan fingerprint density at radius 2 is 1.00 bits per heavy atom. The Hall–Kier alpha value is 0.505. The molecule has 0 N–H and O–H groups in total. The molecule has 0 aliphatic rings. The minimum Gasteiger partial charge on any atom is -0.445 e. The first-order chi connectivity index (χ1) is 4.50. The van der Waals surface area contributed by atoms with Crippen LogP contribution in [0.5, 0.6) is 0 Å². The second-order valence-electron chi connectivity index (χ2n) is 1.70. The molecule has 0 unspecified atom stereocenters. The van der Waals surface area contributed by atoms with Gasteiger partial charge in [-0.05, 0) is 0 Å². The topological polar surface area (TPSA) is 0 Å². The zero-order chi connectivity index (χ0) is 9.50. The van der Waals surface area contributed by atoms with E-state index in [0.717, 1.165) is 0 Å². The van der Waals surface area contributed by atoms with Gasteiger partial charge in [-0.25, -0.2) is 8.78 Å². The van der Waals surface area contributed by atoms with Gasteiger partial charge in [0.15, 0.2) is 0 Å². The molecule has 0 rings (SSSR count). The van der Waals surface area contributed by atoms with Crippen LogP contribution in [0.25, 0.3) is 0 Å². The molecule has 68 valence electrons. The van der Waals surface area contributed by atoms with Gasteiger partial charge in [0.25, 0.3) is 0 Å². The average Bonchev–Trinajstić information content (AvgIpc) is 1.58. The standard InChI is InChI=1S/C2BF8.Na/c4-1(5,2(6,7)8)3(9,10)11;/q-1;+1. The molecule has 10 heteroatoms. The van der Waals surface area contributed by atoms with Gasteiger partial charge in [0.05, 0.1) is 0 Å². The largest absolute Gasteiger partial charge is 1.00 e. The summed E-state index contributed by atoms with van der Waals surface area (Å²) in [5.74, 6) is -6.56. The summed E-state index contributed by atoms with van der Waals surface area (Å²) >= 11 is 0. The fourth-order valence-electron chi connectivity index (χ4n) is 0.186. The predicted molar refractivity (Wildman–Crippen MR) is 20.1 cm³/mol. The minimum atomic E-state index is -7.21. The van der Waals surface area contributed by atoms with Gasteiger partial charge in [-0.3, -0.25) is 0 Å². The molecule has 0 atom stereocenters. The number of halogens is 8. The average molecular weight is 210 g/mol. The molecule has 12 heavy (non-hydrogen) atoms. The summed E-state index contributed by atoms with van der Waals surface area (Å²) in [5, 5.41) is 0. The molecule has 0 saturated carbocycles. The van der Waals surface area contributed by atoms with Crippen molar-refractivity contribution in [3.8, 4) is 0 Å². The quantitative estimate of drug-likeness (QED) is 0.407. The summed E-state index contributed by atoms with van der Waals surface area (Å²) in [5.41, 5.74) is 0. The first-order valence-corrected chi connectivity index (χ1v) is 2.14. The van der Waals surface area contributed by atoms with Crippen molar-refractivity contribution < 1.29 is 64.5 Å². The Bertz CT molecular complexity index is 128. The van der Waals surface area contributed by atoms with Crippen molar-refractivity contribution in [2.75, 3.05) is 0 Å². The maximum atomic E-state index is 11.2. The Kier molecular flexibility index (Phi) is 4.63. The van der Waals surface area contributed by atoms with E-state index in [1.165, 1.54) is 0 Å². The van der Waals surface area contributed by atoms with E-state index in [1.807, 2.05) is 0 Å². The third kappa shape index (κ3) is 2.77. The SMILES string of the molecule is F[B-](F)(F)C(F)(F)C(F)(F)F.[Na+]. The molecule has 0 fully saturated rings. The molecular weight excluding hydrogens is 210 g/mol. The third-order valence-electron chi connectivity index (χ3n) is 0.789. The fraction of sp³-hybridized carbons (Fsp3) is 1.00. The van der Waals surface area contributed by atoms with E-state index in [2.05, 4.69) is 0 Å². The number of hydrogen-bond acceptors (Lipinski definition) is 0. The van der Waals surface area contributed by atoms with Crippen LogP contribution in [0, 0.1) is 0 Å². The van der Waals surface area contributed by atoms with Gasteiger partial charge in [-0.1, -0.05) is 0 Å². The van der Waals surface area contributed by atoms with Gasteiger partial charge in [-0.15, -0.1) is 0 Å². The molecule has 0 aromatic heterocycles. The minimum absolute atomic E-state index is 0. The Morgan fingerprint density at radius 1 is 0.750 bits per heavy atom. The summed E-state index contributed by atoms with van der Waals surface area (Å²) in [4.78, 5) is 0. The number of alkyl halides is 5. The summed E-state index contributed by atoms with van der Waals surface area (Å²) in [7, 11) is 0. The van der Waals surface area contributed by atoms with Gasteiger partial charge >= 0.3 is 48.5 Å². The molecular formula is C2BF8Na. The molecule has 0 nitrogen and oxygen atoms in total. The van der Waals surface area contributed by atoms with Gasteiger partial charge in [0.1, 0.15) is 0 Å². The Morgan fingerprint density at radius 3 is 1.00 bits per heavy atom. The van der Waals surface area contributed by atoms with E-state index < -0.39 is 19.0 Å². The van der Waals surface area contributed by atoms with E-state index >= 15 is 0 Å². The van der Waals surface area contributed by atoms with E-state index in [0.29, 0.717) is 0 Å². The van der Waals surface area contributed by atoms with Crippen LogP contribution >= 0.6 is 0 Å². The Labute approximate surface area is 83.6 Å². The molecule has 0 aliphatic carbocycles. The van der Waals surface area contributed by atoms with Gasteiger partial charge in [0.2, 0.25) is 0 Å². The number of hydrogen-bond donors (Lipinski definition) is 0. The molecule has 0 saturated heterocycles. The van der Waals surface area contributed by atoms with Crippen molar-refractivity contribution in [3.05, 3.63) is 0 Å². The van der Waals surface area contributed by atoms with Crippen molar-refractivity contribution in [3.63, 3.8) is 0 Å². The molecule has 0 aromatic carbocycles. The third-order valence-corrected chi connectivity index (χ3v) is 0.789. The van der Waals surface area contributed by atoms with Crippen molar-refractivity contribution >= 4 is 6.98 Å². The van der Waals surface area contributed by atoms with Crippen molar-refractivity contribution in [2.45, 2.75) is 12.0 Å². The summed E-state index contributed by atoms with van der Waals surface area (Å²) in [6, 6.07) is 0. The molecule has 0 aromatic rings. The van der Waals surface area contributed by atoms with Crippen LogP contribution in [0.2, 0.25) is 0 Å². The van der Waals surface area contributed by atoms with E-state index in [-0.39, 0.29) is 29.6 Å². The number of rotatable bonds is 1. The van der Waals surface area contributed by atoms with Gasteiger partial charge in [-0.2, -0.15) is 13.2 Å². The first-order valence-electron chi connectivity index (χ1n) is 2.14.